The standard InChI is InChI=1S/C12H21N3O/c1-4-16-6-5-11(14-3)10-7-9(2)8-15-12(10)13/h7-8,11,14H,4-6H2,1-3H3,(H2,13,15). The Kier molecular flexibility index (Phi) is 5.22. The number of hydrogen-bond acceptors (Lipinski definition) is 4. The van der Waals surface area contributed by atoms with Crippen molar-refractivity contribution in [2.24, 2.45) is 0 Å². The van der Waals surface area contributed by atoms with Crippen molar-refractivity contribution in [3.63, 3.8) is 0 Å². The van der Waals surface area contributed by atoms with Crippen molar-refractivity contribution in [3.05, 3.63) is 23.4 Å². The Bertz CT molecular complexity index is 328. The summed E-state index contributed by atoms with van der Waals surface area (Å²) in [4.78, 5) is 4.17. The third kappa shape index (κ3) is 3.47. The molecule has 0 saturated heterocycles. The van der Waals surface area contributed by atoms with Gasteiger partial charge in [-0.25, -0.2) is 4.98 Å². The van der Waals surface area contributed by atoms with E-state index in [2.05, 4.69) is 16.4 Å². The van der Waals surface area contributed by atoms with Crippen molar-refractivity contribution >= 4 is 5.82 Å². The number of ether oxygens (including phenoxy) is 1. The smallest absolute Gasteiger partial charge is 0.128 e. The molecule has 1 unspecified atom stereocenters. The third-order valence-corrected chi connectivity index (χ3v) is 2.57. The summed E-state index contributed by atoms with van der Waals surface area (Å²) in [6.07, 6.45) is 2.69. The molecule has 1 aromatic rings. The lowest BCUT2D eigenvalue weighted by Gasteiger charge is -2.18. The number of nitrogen functional groups attached to an aromatic ring is 1. The fourth-order valence-electron chi connectivity index (χ4n) is 1.68. The molecule has 0 aliphatic rings. The molecule has 0 aromatic carbocycles. The van der Waals surface area contributed by atoms with Crippen LogP contribution in [0.3, 0.4) is 0 Å². The van der Waals surface area contributed by atoms with E-state index in [4.69, 9.17) is 10.5 Å². The first-order valence-electron chi connectivity index (χ1n) is 5.66. The maximum atomic E-state index is 5.88. The highest BCUT2D eigenvalue weighted by Gasteiger charge is 2.13. The second-order valence-electron chi connectivity index (χ2n) is 3.81. The average molecular weight is 223 g/mol. The van der Waals surface area contributed by atoms with Gasteiger partial charge in [-0.1, -0.05) is 0 Å². The molecular formula is C12H21N3O. The highest BCUT2D eigenvalue weighted by atomic mass is 16.5. The predicted molar refractivity (Wildman–Crippen MR) is 66.3 cm³/mol. The van der Waals surface area contributed by atoms with Gasteiger partial charge in [0.15, 0.2) is 0 Å². The molecule has 1 atom stereocenters. The van der Waals surface area contributed by atoms with Gasteiger partial charge in [0, 0.05) is 31.0 Å². The van der Waals surface area contributed by atoms with E-state index in [1.807, 2.05) is 20.9 Å². The molecule has 0 bridgehead atoms. The molecule has 0 radical (unpaired) electrons. The monoisotopic (exact) mass is 223 g/mol. The van der Waals surface area contributed by atoms with E-state index in [1.54, 1.807) is 6.20 Å². The number of pyridine rings is 1. The van der Waals surface area contributed by atoms with Gasteiger partial charge in [-0.15, -0.1) is 0 Å². The van der Waals surface area contributed by atoms with Crippen LogP contribution in [-0.4, -0.2) is 25.2 Å². The second kappa shape index (κ2) is 6.45. The van der Waals surface area contributed by atoms with Crippen LogP contribution in [0.2, 0.25) is 0 Å². The summed E-state index contributed by atoms with van der Waals surface area (Å²) in [7, 11) is 1.93. The number of aromatic nitrogens is 1. The van der Waals surface area contributed by atoms with Crippen LogP contribution < -0.4 is 11.1 Å². The van der Waals surface area contributed by atoms with Crippen LogP contribution in [0.5, 0.6) is 0 Å². The van der Waals surface area contributed by atoms with Crippen LogP contribution in [0.4, 0.5) is 5.82 Å². The maximum absolute atomic E-state index is 5.88. The Morgan fingerprint density at radius 3 is 2.94 bits per heavy atom. The fraction of sp³-hybridized carbons (Fsp3) is 0.583. The zero-order valence-electron chi connectivity index (χ0n) is 10.3. The highest BCUT2D eigenvalue weighted by molar-refractivity contribution is 5.42. The number of hydrogen-bond donors (Lipinski definition) is 2. The predicted octanol–water partition coefficient (Wildman–Crippen LogP) is 1.66. The fourth-order valence-corrected chi connectivity index (χ4v) is 1.68. The molecule has 90 valence electrons. The van der Waals surface area contributed by atoms with Crippen molar-refractivity contribution in [1.82, 2.24) is 10.3 Å². The van der Waals surface area contributed by atoms with E-state index in [-0.39, 0.29) is 6.04 Å². The summed E-state index contributed by atoms with van der Waals surface area (Å²) in [6.45, 7) is 5.50. The second-order valence-corrected chi connectivity index (χ2v) is 3.81. The maximum Gasteiger partial charge on any atom is 0.128 e. The van der Waals surface area contributed by atoms with E-state index in [1.165, 1.54) is 0 Å². The number of nitrogens with two attached hydrogens (primary N) is 1. The summed E-state index contributed by atoms with van der Waals surface area (Å²) in [5.41, 5.74) is 8.06. The molecular weight excluding hydrogens is 202 g/mol. The Balaban J connectivity index is 2.73. The first-order chi connectivity index (χ1) is 7.69. The molecule has 1 aromatic heterocycles. The molecule has 3 N–H and O–H groups in total. The molecule has 4 heteroatoms. The van der Waals surface area contributed by atoms with Crippen molar-refractivity contribution in [1.29, 1.82) is 0 Å². The lowest BCUT2D eigenvalue weighted by atomic mass is 10.0. The van der Waals surface area contributed by atoms with Gasteiger partial charge >= 0.3 is 0 Å². The van der Waals surface area contributed by atoms with Gasteiger partial charge in [0.2, 0.25) is 0 Å². The van der Waals surface area contributed by atoms with Gasteiger partial charge in [-0.05, 0) is 38.9 Å². The van der Waals surface area contributed by atoms with Crippen molar-refractivity contribution in [2.45, 2.75) is 26.3 Å². The molecule has 4 nitrogen and oxygen atoms in total. The quantitative estimate of drug-likeness (QED) is 0.720. The largest absolute Gasteiger partial charge is 0.383 e. The first kappa shape index (κ1) is 12.9. The van der Waals surface area contributed by atoms with Gasteiger partial charge in [0.1, 0.15) is 5.82 Å². The van der Waals surface area contributed by atoms with Gasteiger partial charge in [0.05, 0.1) is 0 Å². The molecule has 0 saturated carbocycles. The molecule has 0 aliphatic heterocycles. The van der Waals surface area contributed by atoms with E-state index in [0.717, 1.165) is 30.8 Å². The van der Waals surface area contributed by atoms with Crippen LogP contribution in [0.1, 0.15) is 30.5 Å². The van der Waals surface area contributed by atoms with E-state index < -0.39 is 0 Å². The van der Waals surface area contributed by atoms with Crippen molar-refractivity contribution < 1.29 is 4.74 Å². The normalized spacial score (nSPS) is 12.7. The van der Waals surface area contributed by atoms with Crippen molar-refractivity contribution in [2.75, 3.05) is 26.0 Å². The molecule has 16 heavy (non-hydrogen) atoms. The van der Waals surface area contributed by atoms with Crippen LogP contribution in [0, 0.1) is 6.92 Å². The number of aryl methyl sites for hydroxylation is 1. The zero-order chi connectivity index (χ0) is 12.0. The summed E-state index contributed by atoms with van der Waals surface area (Å²) in [6, 6.07) is 2.29. The van der Waals surface area contributed by atoms with Crippen LogP contribution in [-0.2, 0) is 4.74 Å². The number of nitrogens with zero attached hydrogens (tertiary/aromatic N) is 1. The molecule has 0 fully saturated rings. The Morgan fingerprint density at radius 1 is 1.56 bits per heavy atom. The minimum Gasteiger partial charge on any atom is -0.383 e. The summed E-state index contributed by atoms with van der Waals surface area (Å²) in [5, 5.41) is 3.25. The Labute approximate surface area is 97.2 Å². The lowest BCUT2D eigenvalue weighted by molar-refractivity contribution is 0.137. The summed E-state index contributed by atoms with van der Waals surface area (Å²) in [5.74, 6) is 0.599. The van der Waals surface area contributed by atoms with Crippen LogP contribution >= 0.6 is 0 Å². The van der Waals surface area contributed by atoms with Crippen molar-refractivity contribution in [3.8, 4) is 0 Å². The molecule has 1 heterocycles. The van der Waals surface area contributed by atoms with E-state index in [9.17, 15) is 0 Å². The SMILES string of the molecule is CCOCCC(NC)c1cc(C)cnc1N. The summed E-state index contributed by atoms with van der Waals surface area (Å²) >= 11 is 0. The first-order valence-corrected chi connectivity index (χ1v) is 5.66. The minimum absolute atomic E-state index is 0.207. The van der Waals surface area contributed by atoms with E-state index >= 15 is 0 Å². The molecule has 0 aliphatic carbocycles. The van der Waals surface area contributed by atoms with Crippen LogP contribution in [0.25, 0.3) is 0 Å². The average Bonchev–Trinajstić information content (AvgIpc) is 2.28. The number of rotatable bonds is 6. The number of anilines is 1. The van der Waals surface area contributed by atoms with Crippen LogP contribution in [0.15, 0.2) is 12.3 Å². The van der Waals surface area contributed by atoms with Gasteiger partial charge in [-0.2, -0.15) is 0 Å². The van der Waals surface area contributed by atoms with Gasteiger partial charge in [0.25, 0.3) is 0 Å². The molecule has 0 amide bonds. The van der Waals surface area contributed by atoms with Gasteiger partial charge in [-0.3, -0.25) is 0 Å². The highest BCUT2D eigenvalue weighted by Crippen LogP contribution is 2.22. The number of nitrogens with one attached hydrogen (secondary N) is 1. The topological polar surface area (TPSA) is 60.2 Å². The molecule has 1 rings (SSSR count). The Morgan fingerprint density at radius 2 is 2.31 bits per heavy atom. The van der Waals surface area contributed by atoms with Gasteiger partial charge < -0.3 is 15.8 Å². The molecule has 0 spiro atoms. The van der Waals surface area contributed by atoms with E-state index in [0.29, 0.717) is 5.82 Å². The zero-order valence-corrected chi connectivity index (χ0v) is 10.3. The minimum atomic E-state index is 0.207. The Hall–Kier alpha value is -1.13. The summed E-state index contributed by atoms with van der Waals surface area (Å²) < 4.78 is 5.36. The third-order valence-electron chi connectivity index (χ3n) is 2.57. The lowest BCUT2D eigenvalue weighted by Crippen LogP contribution is -2.20.